The number of carbonyl (C=O) groups is 1. The number of hydrogen-bond donors (Lipinski definition) is 1. The van der Waals surface area contributed by atoms with Crippen molar-refractivity contribution in [2.75, 3.05) is 11.4 Å². The number of carboxylic acids is 1. The number of nitrogens with zero attached hydrogens (tertiary/aromatic N) is 2. The highest BCUT2D eigenvalue weighted by molar-refractivity contribution is 5.94. The summed E-state index contributed by atoms with van der Waals surface area (Å²) in [6.45, 7) is 2.99. The SMILES string of the molecule is CCN(Cc1ccccn1)c1ccc(F)cc1C(=O)O. The number of halogens is 1. The van der Waals surface area contributed by atoms with Gasteiger partial charge in [-0.05, 0) is 37.3 Å². The number of aromatic carboxylic acids is 1. The summed E-state index contributed by atoms with van der Waals surface area (Å²) < 4.78 is 13.2. The van der Waals surface area contributed by atoms with Crippen molar-refractivity contribution in [1.29, 1.82) is 0 Å². The fourth-order valence-electron chi connectivity index (χ4n) is 2.01. The molecule has 1 heterocycles. The molecule has 2 rings (SSSR count). The van der Waals surface area contributed by atoms with E-state index in [1.54, 1.807) is 6.20 Å². The molecule has 0 radical (unpaired) electrons. The minimum Gasteiger partial charge on any atom is -0.478 e. The van der Waals surface area contributed by atoms with Crippen molar-refractivity contribution >= 4 is 11.7 Å². The van der Waals surface area contributed by atoms with Crippen molar-refractivity contribution in [1.82, 2.24) is 4.98 Å². The maximum Gasteiger partial charge on any atom is 0.337 e. The molecule has 0 amide bonds. The first kappa shape index (κ1) is 14.0. The first-order valence-corrected chi connectivity index (χ1v) is 6.29. The molecule has 1 aromatic heterocycles. The van der Waals surface area contributed by atoms with E-state index in [-0.39, 0.29) is 5.56 Å². The van der Waals surface area contributed by atoms with Crippen LogP contribution in [-0.2, 0) is 6.54 Å². The van der Waals surface area contributed by atoms with Crippen LogP contribution in [0.5, 0.6) is 0 Å². The highest BCUT2D eigenvalue weighted by Crippen LogP contribution is 2.23. The monoisotopic (exact) mass is 274 g/mol. The van der Waals surface area contributed by atoms with Crippen LogP contribution in [0.2, 0.25) is 0 Å². The Kier molecular flexibility index (Phi) is 4.30. The Morgan fingerprint density at radius 3 is 2.75 bits per heavy atom. The maximum absolute atomic E-state index is 13.2. The largest absolute Gasteiger partial charge is 0.478 e. The minimum atomic E-state index is -1.14. The molecule has 0 aliphatic heterocycles. The molecule has 0 atom stereocenters. The first-order valence-electron chi connectivity index (χ1n) is 6.29. The Balaban J connectivity index is 2.34. The van der Waals surface area contributed by atoms with E-state index in [1.807, 2.05) is 30.0 Å². The molecule has 0 aliphatic rings. The van der Waals surface area contributed by atoms with Gasteiger partial charge in [-0.3, -0.25) is 4.98 Å². The molecule has 0 saturated heterocycles. The molecular formula is C15H15FN2O2. The second-order valence-electron chi connectivity index (χ2n) is 4.30. The molecule has 20 heavy (non-hydrogen) atoms. The number of carboxylic acid groups (broad SMARTS) is 1. The first-order chi connectivity index (χ1) is 9.61. The Labute approximate surface area is 116 Å². The number of aromatic nitrogens is 1. The van der Waals surface area contributed by atoms with Crippen LogP contribution >= 0.6 is 0 Å². The van der Waals surface area contributed by atoms with Gasteiger partial charge in [0.2, 0.25) is 0 Å². The Hall–Kier alpha value is -2.43. The topological polar surface area (TPSA) is 53.4 Å². The normalized spacial score (nSPS) is 10.3. The van der Waals surface area contributed by atoms with Gasteiger partial charge in [-0.2, -0.15) is 0 Å². The third-order valence-corrected chi connectivity index (χ3v) is 2.99. The van der Waals surface area contributed by atoms with Gasteiger partial charge < -0.3 is 10.0 Å². The molecule has 104 valence electrons. The van der Waals surface area contributed by atoms with Gasteiger partial charge >= 0.3 is 5.97 Å². The molecule has 4 nitrogen and oxygen atoms in total. The standard InChI is InChI=1S/C15H15FN2O2/c1-2-18(10-12-5-3-4-8-17-12)14-7-6-11(16)9-13(14)15(19)20/h3-9H,2,10H2,1H3,(H,19,20). The van der Waals surface area contributed by atoms with Crippen LogP contribution in [0, 0.1) is 5.82 Å². The van der Waals surface area contributed by atoms with Crippen LogP contribution in [0.1, 0.15) is 23.0 Å². The summed E-state index contributed by atoms with van der Waals surface area (Å²) in [6.07, 6.45) is 1.69. The molecule has 0 saturated carbocycles. The average Bonchev–Trinajstić information content (AvgIpc) is 2.46. The van der Waals surface area contributed by atoms with Crippen LogP contribution in [0.4, 0.5) is 10.1 Å². The van der Waals surface area contributed by atoms with Crippen LogP contribution in [0.25, 0.3) is 0 Å². The van der Waals surface area contributed by atoms with E-state index in [0.717, 1.165) is 11.8 Å². The smallest absolute Gasteiger partial charge is 0.337 e. The van der Waals surface area contributed by atoms with Gasteiger partial charge in [0, 0.05) is 12.7 Å². The molecule has 5 heteroatoms. The third-order valence-electron chi connectivity index (χ3n) is 2.99. The van der Waals surface area contributed by atoms with Gasteiger partial charge in [0.1, 0.15) is 5.82 Å². The zero-order chi connectivity index (χ0) is 14.5. The molecule has 0 spiro atoms. The quantitative estimate of drug-likeness (QED) is 0.910. The van der Waals surface area contributed by atoms with Crippen LogP contribution < -0.4 is 4.90 Å². The van der Waals surface area contributed by atoms with Gasteiger partial charge in [-0.25, -0.2) is 9.18 Å². The third kappa shape index (κ3) is 3.12. The van der Waals surface area contributed by atoms with E-state index in [0.29, 0.717) is 18.8 Å². The van der Waals surface area contributed by atoms with E-state index in [9.17, 15) is 14.3 Å². The summed E-state index contributed by atoms with van der Waals surface area (Å²) in [7, 11) is 0. The maximum atomic E-state index is 13.2. The summed E-state index contributed by atoms with van der Waals surface area (Å²) in [5.74, 6) is -1.70. The van der Waals surface area contributed by atoms with E-state index in [1.165, 1.54) is 12.1 Å². The summed E-state index contributed by atoms with van der Waals surface area (Å²) >= 11 is 0. The lowest BCUT2D eigenvalue weighted by Crippen LogP contribution is -2.24. The van der Waals surface area contributed by atoms with Gasteiger partial charge in [-0.1, -0.05) is 6.07 Å². The van der Waals surface area contributed by atoms with E-state index in [2.05, 4.69) is 4.98 Å². The fourth-order valence-corrected chi connectivity index (χ4v) is 2.01. The fraction of sp³-hybridized carbons (Fsp3) is 0.200. The zero-order valence-electron chi connectivity index (χ0n) is 11.1. The molecule has 0 bridgehead atoms. The molecule has 0 aliphatic carbocycles. The number of hydrogen-bond acceptors (Lipinski definition) is 3. The van der Waals surface area contributed by atoms with Crippen molar-refractivity contribution in [3.8, 4) is 0 Å². The Morgan fingerprint density at radius 1 is 1.35 bits per heavy atom. The summed E-state index contributed by atoms with van der Waals surface area (Å²) in [4.78, 5) is 17.3. The van der Waals surface area contributed by atoms with Gasteiger partial charge in [-0.15, -0.1) is 0 Å². The second kappa shape index (κ2) is 6.14. The summed E-state index contributed by atoms with van der Waals surface area (Å²) in [6, 6.07) is 9.36. The van der Waals surface area contributed by atoms with Crippen molar-refractivity contribution in [3.05, 3.63) is 59.7 Å². The van der Waals surface area contributed by atoms with Crippen LogP contribution in [0.15, 0.2) is 42.6 Å². The lowest BCUT2D eigenvalue weighted by atomic mass is 10.1. The lowest BCUT2D eigenvalue weighted by Gasteiger charge is -2.24. The number of pyridine rings is 1. The van der Waals surface area contributed by atoms with E-state index in [4.69, 9.17) is 0 Å². The summed E-state index contributed by atoms with van der Waals surface area (Å²) in [5, 5.41) is 9.19. The Morgan fingerprint density at radius 2 is 2.15 bits per heavy atom. The van der Waals surface area contributed by atoms with Crippen molar-refractivity contribution < 1.29 is 14.3 Å². The number of benzene rings is 1. The molecule has 2 aromatic rings. The highest BCUT2D eigenvalue weighted by atomic mass is 19.1. The Bertz CT molecular complexity index is 602. The number of anilines is 1. The zero-order valence-corrected chi connectivity index (χ0v) is 11.1. The van der Waals surface area contributed by atoms with E-state index < -0.39 is 11.8 Å². The van der Waals surface area contributed by atoms with Crippen LogP contribution in [0.3, 0.4) is 0 Å². The average molecular weight is 274 g/mol. The minimum absolute atomic E-state index is 0.0391. The van der Waals surface area contributed by atoms with Gasteiger partial charge in [0.15, 0.2) is 0 Å². The second-order valence-corrected chi connectivity index (χ2v) is 4.30. The molecular weight excluding hydrogens is 259 g/mol. The molecule has 0 fully saturated rings. The molecule has 1 aromatic carbocycles. The van der Waals surface area contributed by atoms with Crippen molar-refractivity contribution in [2.24, 2.45) is 0 Å². The predicted molar refractivity (Wildman–Crippen MR) is 74.3 cm³/mol. The summed E-state index contributed by atoms with van der Waals surface area (Å²) in [5.41, 5.74) is 1.28. The molecule has 0 unspecified atom stereocenters. The van der Waals surface area contributed by atoms with Gasteiger partial charge in [0.25, 0.3) is 0 Å². The van der Waals surface area contributed by atoms with Crippen molar-refractivity contribution in [3.63, 3.8) is 0 Å². The van der Waals surface area contributed by atoms with Crippen LogP contribution in [-0.4, -0.2) is 22.6 Å². The highest BCUT2D eigenvalue weighted by Gasteiger charge is 2.16. The van der Waals surface area contributed by atoms with Gasteiger partial charge in [0.05, 0.1) is 23.5 Å². The lowest BCUT2D eigenvalue weighted by molar-refractivity contribution is 0.0697. The van der Waals surface area contributed by atoms with E-state index >= 15 is 0 Å². The number of rotatable bonds is 5. The molecule has 1 N–H and O–H groups in total. The van der Waals surface area contributed by atoms with Crippen molar-refractivity contribution in [2.45, 2.75) is 13.5 Å². The predicted octanol–water partition coefficient (Wildman–Crippen LogP) is 2.95.